The van der Waals surface area contributed by atoms with Crippen LogP contribution in [0.3, 0.4) is 0 Å². The summed E-state index contributed by atoms with van der Waals surface area (Å²) in [5, 5.41) is 0. The van der Waals surface area contributed by atoms with E-state index in [9.17, 15) is 18.0 Å². The minimum atomic E-state index is -4.31. The van der Waals surface area contributed by atoms with Crippen LogP contribution in [-0.4, -0.2) is 5.78 Å². The van der Waals surface area contributed by atoms with Crippen LogP contribution in [0.15, 0.2) is 18.2 Å². The van der Waals surface area contributed by atoms with E-state index in [0.29, 0.717) is 12.0 Å². The first kappa shape index (κ1) is 11.2. The van der Waals surface area contributed by atoms with Crippen molar-refractivity contribution in [2.75, 3.05) is 0 Å². The number of carbonyl (C=O) groups is 1. The van der Waals surface area contributed by atoms with Crippen molar-refractivity contribution in [1.29, 1.82) is 0 Å². The van der Waals surface area contributed by atoms with Crippen LogP contribution in [0.25, 0.3) is 0 Å². The Morgan fingerprint density at radius 1 is 1.31 bits per heavy atom. The molecule has 0 heterocycles. The van der Waals surface area contributed by atoms with Crippen LogP contribution in [0, 0.1) is 6.92 Å². The van der Waals surface area contributed by atoms with Crippen molar-refractivity contribution in [1.82, 2.24) is 0 Å². The lowest BCUT2D eigenvalue weighted by atomic mass is 9.77. The molecule has 0 aliphatic heterocycles. The maximum atomic E-state index is 12.4. The summed E-state index contributed by atoms with van der Waals surface area (Å²) < 4.78 is 37.2. The van der Waals surface area contributed by atoms with Gasteiger partial charge in [0.2, 0.25) is 0 Å². The number of carbonyl (C=O) groups excluding carboxylic acids is 1. The van der Waals surface area contributed by atoms with Crippen LogP contribution in [0.4, 0.5) is 13.2 Å². The zero-order valence-electron chi connectivity index (χ0n) is 8.77. The van der Waals surface area contributed by atoms with E-state index < -0.39 is 11.7 Å². The molecule has 1 atom stereocenters. The van der Waals surface area contributed by atoms with Gasteiger partial charge in [-0.15, -0.1) is 0 Å². The van der Waals surface area contributed by atoms with Crippen LogP contribution in [0.1, 0.15) is 35.4 Å². The lowest BCUT2D eigenvalue weighted by Crippen LogP contribution is -2.24. The van der Waals surface area contributed by atoms with Crippen LogP contribution < -0.4 is 0 Å². The summed E-state index contributed by atoms with van der Waals surface area (Å²) in [4.78, 5) is 11.2. The van der Waals surface area contributed by atoms with Gasteiger partial charge in [-0.05, 0) is 36.6 Å². The van der Waals surface area contributed by atoms with Crippen molar-refractivity contribution < 1.29 is 18.0 Å². The number of benzene rings is 1. The molecule has 1 nitrogen and oxygen atoms in total. The third kappa shape index (κ3) is 1.84. The molecule has 1 aliphatic rings. The van der Waals surface area contributed by atoms with E-state index in [1.54, 1.807) is 6.92 Å². The molecule has 0 N–H and O–H groups in total. The summed E-state index contributed by atoms with van der Waals surface area (Å²) in [5.74, 6) is -0.0508. The zero-order valence-corrected chi connectivity index (χ0v) is 8.77. The van der Waals surface area contributed by atoms with Crippen molar-refractivity contribution in [2.45, 2.75) is 31.9 Å². The Labute approximate surface area is 91.3 Å². The fraction of sp³-hybridized carbons (Fsp3) is 0.417. The van der Waals surface area contributed by atoms with E-state index in [2.05, 4.69) is 0 Å². The Morgan fingerprint density at radius 3 is 2.38 bits per heavy atom. The van der Waals surface area contributed by atoms with Crippen molar-refractivity contribution in [3.05, 3.63) is 34.9 Å². The molecule has 1 fully saturated rings. The summed E-state index contributed by atoms with van der Waals surface area (Å²) in [7, 11) is 0. The average molecular weight is 228 g/mol. The van der Waals surface area contributed by atoms with Gasteiger partial charge >= 0.3 is 6.18 Å². The molecule has 1 saturated carbocycles. The first-order valence-corrected chi connectivity index (χ1v) is 5.10. The molecule has 16 heavy (non-hydrogen) atoms. The number of alkyl halides is 3. The third-order valence-corrected chi connectivity index (χ3v) is 3.04. The van der Waals surface area contributed by atoms with E-state index in [0.717, 1.165) is 24.1 Å². The minimum absolute atomic E-state index is 0.128. The highest BCUT2D eigenvalue weighted by Gasteiger charge is 2.34. The highest BCUT2D eigenvalue weighted by atomic mass is 19.4. The Bertz CT molecular complexity index is 434. The molecule has 4 heteroatoms. The van der Waals surface area contributed by atoms with Crippen molar-refractivity contribution in [3.63, 3.8) is 0 Å². The molecule has 0 spiro atoms. The second-order valence-electron chi connectivity index (χ2n) is 4.13. The Morgan fingerprint density at radius 2 is 2.00 bits per heavy atom. The molecule has 0 amide bonds. The molecule has 1 unspecified atom stereocenters. The topological polar surface area (TPSA) is 17.1 Å². The first-order valence-electron chi connectivity index (χ1n) is 5.10. The molecule has 0 bridgehead atoms. The number of aryl methyl sites for hydroxylation is 1. The molecule has 86 valence electrons. The summed E-state index contributed by atoms with van der Waals surface area (Å²) in [6, 6.07) is 3.59. The van der Waals surface area contributed by atoms with Crippen LogP contribution >= 0.6 is 0 Å². The molecular weight excluding hydrogens is 217 g/mol. The number of hydrogen-bond donors (Lipinski definition) is 0. The fourth-order valence-electron chi connectivity index (χ4n) is 1.98. The molecule has 0 aromatic heterocycles. The lowest BCUT2D eigenvalue weighted by molar-refractivity contribution is -0.137. The lowest BCUT2D eigenvalue weighted by Gasteiger charge is -2.26. The molecule has 0 radical (unpaired) electrons. The predicted octanol–water partition coefficient (Wildman–Crippen LogP) is 3.46. The molecule has 1 aromatic carbocycles. The van der Waals surface area contributed by atoms with Gasteiger partial charge in [0.05, 0.1) is 5.56 Å². The zero-order chi connectivity index (χ0) is 11.9. The van der Waals surface area contributed by atoms with E-state index in [1.807, 2.05) is 0 Å². The van der Waals surface area contributed by atoms with Gasteiger partial charge in [0.25, 0.3) is 0 Å². The quantitative estimate of drug-likeness (QED) is 0.719. The largest absolute Gasteiger partial charge is 0.416 e. The summed E-state index contributed by atoms with van der Waals surface area (Å²) in [6.45, 7) is 1.62. The van der Waals surface area contributed by atoms with Crippen molar-refractivity contribution in [2.24, 2.45) is 0 Å². The van der Waals surface area contributed by atoms with Gasteiger partial charge in [-0.25, -0.2) is 0 Å². The standard InChI is InChI=1S/C12H11F3O/c1-7-6-8(12(13,14)15)2-3-9(7)10-4-5-11(10)16/h2-3,6,10H,4-5H2,1H3. The van der Waals surface area contributed by atoms with Crippen LogP contribution in [-0.2, 0) is 11.0 Å². The maximum Gasteiger partial charge on any atom is 0.416 e. The number of rotatable bonds is 1. The number of hydrogen-bond acceptors (Lipinski definition) is 1. The molecule has 1 aromatic rings. The van der Waals surface area contributed by atoms with Gasteiger partial charge in [0, 0.05) is 12.3 Å². The SMILES string of the molecule is Cc1cc(C(F)(F)F)ccc1C1CCC1=O. The van der Waals surface area contributed by atoms with E-state index in [1.165, 1.54) is 6.07 Å². The van der Waals surface area contributed by atoms with Gasteiger partial charge in [-0.3, -0.25) is 4.79 Å². The summed E-state index contributed by atoms with van der Waals surface area (Å²) >= 11 is 0. The smallest absolute Gasteiger partial charge is 0.299 e. The highest BCUT2D eigenvalue weighted by molar-refractivity contribution is 5.91. The van der Waals surface area contributed by atoms with E-state index in [4.69, 9.17) is 0 Å². The van der Waals surface area contributed by atoms with E-state index >= 15 is 0 Å². The number of ketones is 1. The predicted molar refractivity (Wildman–Crippen MR) is 53.2 cm³/mol. The second-order valence-corrected chi connectivity index (χ2v) is 4.13. The Hall–Kier alpha value is -1.32. The van der Waals surface area contributed by atoms with Crippen LogP contribution in [0.2, 0.25) is 0 Å². The van der Waals surface area contributed by atoms with Gasteiger partial charge < -0.3 is 0 Å². The third-order valence-electron chi connectivity index (χ3n) is 3.04. The summed E-state index contributed by atoms with van der Waals surface area (Å²) in [5.41, 5.74) is 0.637. The highest BCUT2D eigenvalue weighted by Crippen LogP contribution is 2.37. The second kappa shape index (κ2) is 3.61. The van der Waals surface area contributed by atoms with Crippen molar-refractivity contribution >= 4 is 5.78 Å². The van der Waals surface area contributed by atoms with Gasteiger partial charge in [0.1, 0.15) is 5.78 Å². The van der Waals surface area contributed by atoms with Gasteiger partial charge in [0.15, 0.2) is 0 Å². The normalized spacial score (nSPS) is 20.8. The number of Topliss-reactive ketones (excluding diaryl/α,β-unsaturated/α-hetero) is 1. The Balaban J connectivity index is 2.34. The minimum Gasteiger partial charge on any atom is -0.299 e. The Kier molecular flexibility index (Phi) is 2.52. The molecule has 0 saturated heterocycles. The first-order chi connectivity index (χ1) is 7.39. The molecule has 1 aliphatic carbocycles. The maximum absolute atomic E-state index is 12.4. The molecular formula is C12H11F3O. The average Bonchev–Trinajstić information content (AvgIpc) is 2.17. The van der Waals surface area contributed by atoms with Gasteiger partial charge in [-0.1, -0.05) is 6.07 Å². The fourth-order valence-corrected chi connectivity index (χ4v) is 1.98. The molecule has 2 rings (SSSR count). The van der Waals surface area contributed by atoms with Crippen LogP contribution in [0.5, 0.6) is 0 Å². The number of halogens is 3. The van der Waals surface area contributed by atoms with Gasteiger partial charge in [-0.2, -0.15) is 13.2 Å². The van der Waals surface area contributed by atoms with Crippen molar-refractivity contribution in [3.8, 4) is 0 Å². The monoisotopic (exact) mass is 228 g/mol. The summed E-state index contributed by atoms with van der Waals surface area (Å²) in [6.07, 6.45) is -3.01. The van der Waals surface area contributed by atoms with E-state index in [-0.39, 0.29) is 11.7 Å².